The lowest BCUT2D eigenvalue weighted by molar-refractivity contribution is 0.0524. The first kappa shape index (κ1) is 14.1. The van der Waals surface area contributed by atoms with E-state index < -0.39 is 0 Å². The van der Waals surface area contributed by atoms with Crippen molar-refractivity contribution in [3.63, 3.8) is 0 Å². The van der Waals surface area contributed by atoms with Gasteiger partial charge in [-0.05, 0) is 19.8 Å². The molecule has 0 spiro atoms. The van der Waals surface area contributed by atoms with Gasteiger partial charge in [-0.15, -0.1) is 0 Å². The van der Waals surface area contributed by atoms with Crippen molar-refractivity contribution in [2.45, 2.75) is 51.6 Å². The highest BCUT2D eigenvalue weighted by atomic mass is 16.5. The number of hydrogen-bond donors (Lipinski definition) is 1. The highest BCUT2D eigenvalue weighted by molar-refractivity contribution is 5.90. The summed E-state index contributed by atoms with van der Waals surface area (Å²) >= 11 is 0. The number of ether oxygens (including phenoxy) is 1. The number of carbonyl (C=O) groups is 1. The van der Waals surface area contributed by atoms with Gasteiger partial charge in [0.1, 0.15) is 5.56 Å². The molecule has 19 heavy (non-hydrogen) atoms. The highest BCUT2D eigenvalue weighted by Gasteiger charge is 2.19. The highest BCUT2D eigenvalue weighted by Crippen LogP contribution is 2.18. The maximum Gasteiger partial charge on any atom is 0.341 e. The minimum atomic E-state index is -0.281. The summed E-state index contributed by atoms with van der Waals surface area (Å²) in [6.07, 6.45) is 7.99. The van der Waals surface area contributed by atoms with Gasteiger partial charge in [-0.1, -0.05) is 19.3 Å². The molecule has 106 valence electrons. The molecule has 1 aliphatic rings. The first-order valence-electron chi connectivity index (χ1n) is 7.13. The van der Waals surface area contributed by atoms with Gasteiger partial charge in [0.15, 0.2) is 0 Å². The quantitative estimate of drug-likeness (QED) is 0.828. The van der Waals surface area contributed by atoms with Crippen LogP contribution in [0.25, 0.3) is 0 Å². The van der Waals surface area contributed by atoms with Crippen molar-refractivity contribution in [3.8, 4) is 0 Å². The average molecular weight is 265 g/mol. The van der Waals surface area contributed by atoms with E-state index in [1.54, 1.807) is 10.9 Å². The van der Waals surface area contributed by atoms with E-state index in [1.807, 2.05) is 14.0 Å². The third-order valence-electron chi connectivity index (χ3n) is 3.72. The van der Waals surface area contributed by atoms with E-state index in [0.717, 1.165) is 5.69 Å². The van der Waals surface area contributed by atoms with Crippen molar-refractivity contribution >= 4 is 5.97 Å². The predicted octanol–water partition coefficient (Wildman–Crippen LogP) is 2.02. The summed E-state index contributed by atoms with van der Waals surface area (Å²) in [5.41, 5.74) is 1.48. The Morgan fingerprint density at radius 2 is 2.21 bits per heavy atom. The van der Waals surface area contributed by atoms with Gasteiger partial charge < -0.3 is 10.1 Å². The molecule has 0 saturated heterocycles. The summed E-state index contributed by atoms with van der Waals surface area (Å²) in [4.78, 5) is 11.8. The van der Waals surface area contributed by atoms with Gasteiger partial charge in [0.05, 0.1) is 18.5 Å². The Morgan fingerprint density at radius 3 is 2.89 bits per heavy atom. The summed E-state index contributed by atoms with van der Waals surface area (Å²) in [7, 11) is 1.86. The second-order valence-corrected chi connectivity index (χ2v) is 5.06. The zero-order chi connectivity index (χ0) is 13.7. The monoisotopic (exact) mass is 265 g/mol. The maximum absolute atomic E-state index is 11.8. The van der Waals surface area contributed by atoms with Crippen LogP contribution in [0, 0.1) is 0 Å². The summed E-state index contributed by atoms with van der Waals surface area (Å²) in [5.74, 6) is -0.281. The topological polar surface area (TPSA) is 56.1 Å². The molecule has 0 unspecified atom stereocenters. The number of nitrogens with one attached hydrogen (secondary N) is 1. The van der Waals surface area contributed by atoms with Crippen LogP contribution in [-0.2, 0) is 18.3 Å². The largest absolute Gasteiger partial charge is 0.462 e. The standard InChI is InChI=1S/C14H23N3O2/c1-3-19-14(18)12-9-16-17(2)13(12)10-15-11-7-5-4-6-8-11/h9,11,15H,3-8,10H2,1-2H3. The van der Waals surface area contributed by atoms with Gasteiger partial charge in [-0.3, -0.25) is 4.68 Å². The van der Waals surface area contributed by atoms with E-state index in [1.165, 1.54) is 32.1 Å². The summed E-state index contributed by atoms with van der Waals surface area (Å²) in [6, 6.07) is 0.568. The zero-order valence-electron chi connectivity index (χ0n) is 11.8. The number of rotatable bonds is 5. The third kappa shape index (κ3) is 3.56. The summed E-state index contributed by atoms with van der Waals surface area (Å²) in [5, 5.41) is 7.69. The van der Waals surface area contributed by atoms with Gasteiger partial charge >= 0.3 is 5.97 Å². The minimum absolute atomic E-state index is 0.281. The molecular weight excluding hydrogens is 242 g/mol. The molecule has 1 aliphatic carbocycles. The molecular formula is C14H23N3O2. The number of aromatic nitrogens is 2. The lowest BCUT2D eigenvalue weighted by Gasteiger charge is -2.23. The van der Waals surface area contributed by atoms with Crippen LogP contribution >= 0.6 is 0 Å². The number of esters is 1. The second kappa shape index (κ2) is 6.70. The fraction of sp³-hybridized carbons (Fsp3) is 0.714. The van der Waals surface area contributed by atoms with Crippen LogP contribution < -0.4 is 5.32 Å². The van der Waals surface area contributed by atoms with Gasteiger partial charge in [0.25, 0.3) is 0 Å². The Balaban J connectivity index is 1.98. The first-order valence-corrected chi connectivity index (χ1v) is 7.13. The van der Waals surface area contributed by atoms with E-state index in [9.17, 15) is 4.79 Å². The molecule has 1 heterocycles. The molecule has 5 nitrogen and oxygen atoms in total. The van der Waals surface area contributed by atoms with E-state index >= 15 is 0 Å². The fourth-order valence-electron chi connectivity index (χ4n) is 2.60. The Kier molecular flexibility index (Phi) is 4.96. The molecule has 5 heteroatoms. The molecule has 0 amide bonds. The Bertz CT molecular complexity index is 422. The van der Waals surface area contributed by atoms with Crippen molar-refractivity contribution in [1.29, 1.82) is 0 Å². The van der Waals surface area contributed by atoms with Gasteiger partial charge in [-0.2, -0.15) is 5.10 Å². The summed E-state index contributed by atoms with van der Waals surface area (Å²) in [6.45, 7) is 2.88. The van der Waals surface area contributed by atoms with E-state index in [0.29, 0.717) is 24.8 Å². The Morgan fingerprint density at radius 1 is 1.47 bits per heavy atom. The Hall–Kier alpha value is -1.36. The van der Waals surface area contributed by atoms with Crippen LogP contribution in [0.15, 0.2) is 6.20 Å². The second-order valence-electron chi connectivity index (χ2n) is 5.06. The Labute approximate surface area is 114 Å². The molecule has 0 aromatic carbocycles. The fourth-order valence-corrected chi connectivity index (χ4v) is 2.60. The van der Waals surface area contributed by atoms with Crippen molar-refractivity contribution in [2.24, 2.45) is 7.05 Å². The van der Waals surface area contributed by atoms with Crippen LogP contribution in [0.4, 0.5) is 0 Å². The number of nitrogens with zero attached hydrogens (tertiary/aromatic N) is 2. The van der Waals surface area contributed by atoms with E-state index in [-0.39, 0.29) is 5.97 Å². The lowest BCUT2D eigenvalue weighted by Crippen LogP contribution is -2.31. The van der Waals surface area contributed by atoms with Crippen molar-refractivity contribution in [2.75, 3.05) is 6.61 Å². The third-order valence-corrected chi connectivity index (χ3v) is 3.72. The van der Waals surface area contributed by atoms with E-state index in [4.69, 9.17) is 4.74 Å². The van der Waals surface area contributed by atoms with Crippen LogP contribution in [0.3, 0.4) is 0 Å². The van der Waals surface area contributed by atoms with Gasteiger partial charge in [0, 0.05) is 19.6 Å². The van der Waals surface area contributed by atoms with Gasteiger partial charge in [-0.25, -0.2) is 4.79 Å². The smallest absolute Gasteiger partial charge is 0.341 e. The number of carbonyl (C=O) groups excluding carboxylic acids is 1. The van der Waals surface area contributed by atoms with Crippen molar-refractivity contribution in [1.82, 2.24) is 15.1 Å². The molecule has 0 radical (unpaired) electrons. The predicted molar refractivity (Wildman–Crippen MR) is 72.9 cm³/mol. The summed E-state index contributed by atoms with van der Waals surface area (Å²) < 4.78 is 6.81. The van der Waals surface area contributed by atoms with E-state index in [2.05, 4.69) is 10.4 Å². The molecule has 0 aliphatic heterocycles. The molecule has 0 atom stereocenters. The van der Waals surface area contributed by atoms with Crippen LogP contribution in [-0.4, -0.2) is 28.4 Å². The van der Waals surface area contributed by atoms with Crippen LogP contribution in [0.5, 0.6) is 0 Å². The molecule has 2 rings (SSSR count). The molecule has 1 fully saturated rings. The molecule has 1 aromatic heterocycles. The lowest BCUT2D eigenvalue weighted by atomic mass is 9.95. The molecule has 1 N–H and O–H groups in total. The number of hydrogen-bond acceptors (Lipinski definition) is 4. The van der Waals surface area contributed by atoms with Crippen LogP contribution in [0.2, 0.25) is 0 Å². The number of aryl methyl sites for hydroxylation is 1. The molecule has 0 bridgehead atoms. The normalized spacial score (nSPS) is 16.5. The maximum atomic E-state index is 11.8. The SMILES string of the molecule is CCOC(=O)c1cnn(C)c1CNC1CCCCC1. The zero-order valence-corrected chi connectivity index (χ0v) is 11.8. The minimum Gasteiger partial charge on any atom is -0.462 e. The van der Waals surface area contributed by atoms with Crippen molar-refractivity contribution in [3.05, 3.63) is 17.5 Å². The molecule has 1 saturated carbocycles. The van der Waals surface area contributed by atoms with Crippen molar-refractivity contribution < 1.29 is 9.53 Å². The first-order chi connectivity index (χ1) is 9.22. The average Bonchev–Trinajstić information content (AvgIpc) is 2.79. The molecule has 1 aromatic rings. The van der Waals surface area contributed by atoms with Gasteiger partial charge in [0.2, 0.25) is 0 Å². The van der Waals surface area contributed by atoms with Crippen LogP contribution in [0.1, 0.15) is 55.1 Å².